The molecule has 4 heteroatoms. The maximum Gasteiger partial charge on any atom is 0.206 e. The standard InChI is InChI=1S/C13H14ClNO2/c1-8-5-4-6-9(12(8)14)11-10(16)7-17-13(11)15(2)3/h4-7,16H,1-3H3. The first kappa shape index (κ1) is 11.9. The minimum atomic E-state index is 0.0983. The van der Waals surface area contributed by atoms with E-state index in [1.165, 1.54) is 6.26 Å². The van der Waals surface area contributed by atoms with E-state index in [-0.39, 0.29) is 5.75 Å². The Morgan fingerprint density at radius 1 is 1.29 bits per heavy atom. The topological polar surface area (TPSA) is 36.6 Å². The summed E-state index contributed by atoms with van der Waals surface area (Å²) in [6.45, 7) is 1.93. The molecular formula is C13H14ClNO2. The summed E-state index contributed by atoms with van der Waals surface area (Å²) in [5.74, 6) is 0.691. The molecule has 1 aromatic carbocycles. The highest BCUT2D eigenvalue weighted by Crippen LogP contribution is 2.43. The van der Waals surface area contributed by atoms with Crippen LogP contribution in [0.4, 0.5) is 5.88 Å². The molecule has 17 heavy (non-hydrogen) atoms. The summed E-state index contributed by atoms with van der Waals surface area (Å²) in [4.78, 5) is 1.80. The number of benzene rings is 1. The molecule has 0 radical (unpaired) electrons. The fourth-order valence-corrected chi connectivity index (χ4v) is 1.98. The molecule has 0 atom stereocenters. The minimum absolute atomic E-state index is 0.0983. The number of nitrogens with zero attached hydrogens (tertiary/aromatic N) is 1. The molecule has 0 aliphatic carbocycles. The van der Waals surface area contributed by atoms with Gasteiger partial charge in [0.15, 0.2) is 5.75 Å². The van der Waals surface area contributed by atoms with Crippen molar-refractivity contribution < 1.29 is 9.52 Å². The van der Waals surface area contributed by atoms with E-state index in [9.17, 15) is 5.11 Å². The van der Waals surface area contributed by atoms with Crippen LogP contribution in [0.1, 0.15) is 5.56 Å². The van der Waals surface area contributed by atoms with Crippen LogP contribution >= 0.6 is 11.6 Å². The highest BCUT2D eigenvalue weighted by atomic mass is 35.5. The molecular weight excluding hydrogens is 238 g/mol. The molecule has 2 rings (SSSR count). The molecule has 0 aliphatic rings. The number of furan rings is 1. The summed E-state index contributed by atoms with van der Waals surface area (Å²) in [7, 11) is 3.71. The van der Waals surface area contributed by atoms with Gasteiger partial charge in [-0.25, -0.2) is 0 Å². The molecule has 1 aromatic heterocycles. The summed E-state index contributed by atoms with van der Waals surface area (Å²) >= 11 is 6.26. The highest BCUT2D eigenvalue weighted by Gasteiger charge is 2.19. The Morgan fingerprint density at radius 2 is 2.00 bits per heavy atom. The van der Waals surface area contributed by atoms with Crippen LogP contribution in [0.2, 0.25) is 5.02 Å². The van der Waals surface area contributed by atoms with Gasteiger partial charge in [-0.1, -0.05) is 29.8 Å². The average molecular weight is 252 g/mol. The third-order valence-corrected chi connectivity index (χ3v) is 3.12. The number of halogens is 1. The van der Waals surface area contributed by atoms with Crippen molar-refractivity contribution in [2.24, 2.45) is 0 Å². The van der Waals surface area contributed by atoms with Crippen LogP contribution in [0.5, 0.6) is 5.75 Å². The SMILES string of the molecule is Cc1cccc(-c2c(O)coc2N(C)C)c1Cl. The third-order valence-electron chi connectivity index (χ3n) is 2.62. The van der Waals surface area contributed by atoms with E-state index in [4.69, 9.17) is 16.0 Å². The predicted molar refractivity (Wildman–Crippen MR) is 69.9 cm³/mol. The number of aryl methyl sites for hydroxylation is 1. The number of hydrogen-bond acceptors (Lipinski definition) is 3. The minimum Gasteiger partial charge on any atom is -0.504 e. The summed E-state index contributed by atoms with van der Waals surface area (Å²) in [6.07, 6.45) is 1.32. The van der Waals surface area contributed by atoms with Crippen LogP contribution in [0, 0.1) is 6.92 Å². The maximum atomic E-state index is 9.87. The zero-order chi connectivity index (χ0) is 12.6. The maximum absolute atomic E-state index is 9.87. The van der Waals surface area contributed by atoms with Crippen molar-refractivity contribution in [1.82, 2.24) is 0 Å². The lowest BCUT2D eigenvalue weighted by Gasteiger charge is -2.13. The van der Waals surface area contributed by atoms with E-state index in [1.807, 2.05) is 39.2 Å². The Kier molecular flexibility index (Phi) is 3.03. The average Bonchev–Trinajstić information content (AvgIpc) is 2.65. The summed E-state index contributed by atoms with van der Waals surface area (Å²) in [6, 6.07) is 5.70. The van der Waals surface area contributed by atoms with Crippen molar-refractivity contribution in [2.75, 3.05) is 19.0 Å². The molecule has 0 amide bonds. The lowest BCUT2D eigenvalue weighted by Crippen LogP contribution is -2.08. The Hall–Kier alpha value is -1.61. The molecule has 1 N–H and O–H groups in total. The number of anilines is 1. The Balaban J connectivity index is 2.68. The van der Waals surface area contributed by atoms with Crippen LogP contribution in [0.15, 0.2) is 28.9 Å². The number of hydrogen-bond donors (Lipinski definition) is 1. The van der Waals surface area contributed by atoms with E-state index in [0.29, 0.717) is 16.5 Å². The Bertz CT molecular complexity index is 546. The van der Waals surface area contributed by atoms with Gasteiger partial charge in [0.2, 0.25) is 5.88 Å². The summed E-state index contributed by atoms with van der Waals surface area (Å²) in [5, 5.41) is 10.5. The summed E-state index contributed by atoms with van der Waals surface area (Å²) < 4.78 is 5.32. The van der Waals surface area contributed by atoms with Gasteiger partial charge in [-0.3, -0.25) is 0 Å². The van der Waals surface area contributed by atoms with Gasteiger partial charge < -0.3 is 14.4 Å². The van der Waals surface area contributed by atoms with Gasteiger partial charge in [-0.15, -0.1) is 0 Å². The quantitative estimate of drug-likeness (QED) is 0.885. The smallest absolute Gasteiger partial charge is 0.206 e. The lowest BCUT2D eigenvalue weighted by atomic mass is 10.0. The second-order valence-electron chi connectivity index (χ2n) is 4.13. The van der Waals surface area contributed by atoms with E-state index in [1.54, 1.807) is 4.90 Å². The Morgan fingerprint density at radius 3 is 2.65 bits per heavy atom. The zero-order valence-electron chi connectivity index (χ0n) is 9.99. The van der Waals surface area contributed by atoms with Crippen molar-refractivity contribution in [3.05, 3.63) is 35.0 Å². The molecule has 90 valence electrons. The number of rotatable bonds is 2. The van der Waals surface area contributed by atoms with Crippen LogP contribution in [-0.2, 0) is 0 Å². The van der Waals surface area contributed by atoms with Crippen LogP contribution in [-0.4, -0.2) is 19.2 Å². The van der Waals surface area contributed by atoms with E-state index in [2.05, 4.69) is 0 Å². The molecule has 0 saturated carbocycles. The lowest BCUT2D eigenvalue weighted by molar-refractivity contribution is 0.459. The first-order valence-electron chi connectivity index (χ1n) is 5.25. The fourth-order valence-electron chi connectivity index (χ4n) is 1.76. The summed E-state index contributed by atoms with van der Waals surface area (Å²) in [5.41, 5.74) is 2.37. The molecule has 2 aromatic rings. The zero-order valence-corrected chi connectivity index (χ0v) is 10.7. The molecule has 1 heterocycles. The second kappa shape index (κ2) is 4.34. The normalized spacial score (nSPS) is 10.6. The fraction of sp³-hybridized carbons (Fsp3) is 0.231. The predicted octanol–water partition coefficient (Wildman–Crippen LogP) is 3.68. The van der Waals surface area contributed by atoms with Crippen molar-refractivity contribution in [1.29, 1.82) is 0 Å². The number of aromatic hydroxyl groups is 1. The van der Waals surface area contributed by atoms with Gasteiger partial charge in [0.05, 0.1) is 10.6 Å². The molecule has 0 unspecified atom stereocenters. The Labute approximate surface area is 105 Å². The van der Waals surface area contributed by atoms with Crippen LogP contribution < -0.4 is 4.90 Å². The third kappa shape index (κ3) is 1.98. The van der Waals surface area contributed by atoms with Gasteiger partial charge in [-0.2, -0.15) is 0 Å². The van der Waals surface area contributed by atoms with Crippen molar-refractivity contribution in [3.63, 3.8) is 0 Å². The van der Waals surface area contributed by atoms with E-state index in [0.717, 1.165) is 11.1 Å². The van der Waals surface area contributed by atoms with Gasteiger partial charge in [0.25, 0.3) is 0 Å². The van der Waals surface area contributed by atoms with Crippen LogP contribution in [0.25, 0.3) is 11.1 Å². The van der Waals surface area contributed by atoms with E-state index >= 15 is 0 Å². The largest absolute Gasteiger partial charge is 0.504 e. The first-order chi connectivity index (χ1) is 8.02. The van der Waals surface area contributed by atoms with Crippen molar-refractivity contribution in [2.45, 2.75) is 6.92 Å². The van der Waals surface area contributed by atoms with Gasteiger partial charge >= 0.3 is 0 Å². The van der Waals surface area contributed by atoms with Gasteiger partial charge in [0, 0.05) is 19.7 Å². The molecule has 0 aliphatic heterocycles. The van der Waals surface area contributed by atoms with E-state index < -0.39 is 0 Å². The van der Waals surface area contributed by atoms with Gasteiger partial charge in [0.1, 0.15) is 6.26 Å². The molecule has 0 spiro atoms. The second-order valence-corrected chi connectivity index (χ2v) is 4.51. The molecule has 0 saturated heterocycles. The molecule has 3 nitrogen and oxygen atoms in total. The first-order valence-corrected chi connectivity index (χ1v) is 5.63. The highest BCUT2D eigenvalue weighted by molar-refractivity contribution is 6.34. The monoisotopic (exact) mass is 251 g/mol. The van der Waals surface area contributed by atoms with Crippen molar-refractivity contribution >= 4 is 17.5 Å². The molecule has 0 fully saturated rings. The molecule has 0 bridgehead atoms. The van der Waals surface area contributed by atoms with Gasteiger partial charge in [-0.05, 0) is 12.5 Å². The van der Waals surface area contributed by atoms with Crippen LogP contribution in [0.3, 0.4) is 0 Å². The van der Waals surface area contributed by atoms with Crippen molar-refractivity contribution in [3.8, 4) is 16.9 Å².